The molecule has 0 atom stereocenters. The summed E-state index contributed by atoms with van der Waals surface area (Å²) in [5.74, 6) is -0.557. The number of carbonyl (C=O) groups excluding carboxylic acids is 1. The van der Waals surface area contributed by atoms with Gasteiger partial charge in [-0.25, -0.2) is 4.39 Å². The van der Waals surface area contributed by atoms with Crippen LogP contribution < -0.4 is 15.4 Å². The second kappa shape index (κ2) is 7.25. The van der Waals surface area contributed by atoms with E-state index in [0.717, 1.165) is 5.56 Å². The van der Waals surface area contributed by atoms with Crippen LogP contribution in [0.25, 0.3) is 0 Å². The molecule has 2 N–H and O–H groups in total. The van der Waals surface area contributed by atoms with E-state index in [4.69, 9.17) is 10.00 Å². The van der Waals surface area contributed by atoms with Crippen LogP contribution >= 0.6 is 0 Å². The first-order valence-electron chi connectivity index (χ1n) is 5.36. The number of benzene rings is 1. The zero-order chi connectivity index (χ0) is 13.4. The minimum Gasteiger partial charge on any atom is -0.484 e. The van der Waals surface area contributed by atoms with E-state index in [9.17, 15) is 9.18 Å². The lowest BCUT2D eigenvalue weighted by Crippen LogP contribution is -2.29. The largest absolute Gasteiger partial charge is 0.484 e. The van der Waals surface area contributed by atoms with Gasteiger partial charge in [0, 0.05) is 12.6 Å². The van der Waals surface area contributed by atoms with Gasteiger partial charge >= 0.3 is 0 Å². The SMILES string of the molecule is CNCc1cc(F)cc(OCC(=O)NCC#N)c1. The van der Waals surface area contributed by atoms with Crippen LogP contribution in [0.5, 0.6) is 5.75 Å². The van der Waals surface area contributed by atoms with Crippen molar-refractivity contribution in [2.75, 3.05) is 20.2 Å². The molecule has 0 saturated carbocycles. The average Bonchev–Trinajstić information content (AvgIpc) is 2.33. The number of hydrogen-bond acceptors (Lipinski definition) is 4. The molecule has 0 aliphatic heterocycles. The van der Waals surface area contributed by atoms with Crippen molar-refractivity contribution >= 4 is 5.91 Å². The molecule has 18 heavy (non-hydrogen) atoms. The third-order valence-corrected chi connectivity index (χ3v) is 2.05. The van der Waals surface area contributed by atoms with Crippen molar-refractivity contribution < 1.29 is 13.9 Å². The van der Waals surface area contributed by atoms with Gasteiger partial charge in [-0.1, -0.05) is 0 Å². The van der Waals surface area contributed by atoms with Crippen molar-refractivity contribution in [3.8, 4) is 11.8 Å². The number of hydrogen-bond donors (Lipinski definition) is 2. The molecule has 5 nitrogen and oxygen atoms in total. The van der Waals surface area contributed by atoms with Crippen molar-refractivity contribution in [3.63, 3.8) is 0 Å². The van der Waals surface area contributed by atoms with E-state index in [-0.39, 0.29) is 18.9 Å². The lowest BCUT2D eigenvalue weighted by atomic mass is 10.2. The summed E-state index contributed by atoms with van der Waals surface area (Å²) in [6.45, 7) is 0.190. The summed E-state index contributed by atoms with van der Waals surface area (Å²) >= 11 is 0. The second-order valence-electron chi connectivity index (χ2n) is 3.55. The van der Waals surface area contributed by atoms with Gasteiger partial charge in [0.2, 0.25) is 0 Å². The molecular formula is C12H14FN3O2. The number of nitriles is 1. The monoisotopic (exact) mass is 251 g/mol. The Bertz CT molecular complexity index is 457. The highest BCUT2D eigenvalue weighted by atomic mass is 19.1. The Hall–Kier alpha value is -2.13. The fraction of sp³-hybridized carbons (Fsp3) is 0.333. The Morgan fingerprint density at radius 1 is 1.50 bits per heavy atom. The van der Waals surface area contributed by atoms with E-state index in [1.165, 1.54) is 12.1 Å². The molecular weight excluding hydrogens is 237 g/mol. The highest BCUT2D eigenvalue weighted by molar-refractivity contribution is 5.77. The molecule has 0 spiro atoms. The Balaban J connectivity index is 2.56. The maximum Gasteiger partial charge on any atom is 0.258 e. The van der Waals surface area contributed by atoms with Crippen LogP contribution in [0.4, 0.5) is 4.39 Å². The van der Waals surface area contributed by atoms with Gasteiger partial charge in [0.05, 0.1) is 6.07 Å². The van der Waals surface area contributed by atoms with Gasteiger partial charge in [0.1, 0.15) is 18.1 Å². The first kappa shape index (κ1) is 13.9. The maximum atomic E-state index is 13.2. The molecule has 1 amide bonds. The van der Waals surface area contributed by atoms with Crippen LogP contribution in [0.2, 0.25) is 0 Å². The van der Waals surface area contributed by atoms with Gasteiger partial charge in [-0.3, -0.25) is 4.79 Å². The second-order valence-corrected chi connectivity index (χ2v) is 3.55. The minimum absolute atomic E-state index is 0.0731. The van der Waals surface area contributed by atoms with E-state index in [2.05, 4.69) is 10.6 Å². The van der Waals surface area contributed by atoms with E-state index in [0.29, 0.717) is 6.54 Å². The number of ether oxygens (including phenoxy) is 1. The predicted molar refractivity (Wildman–Crippen MR) is 63.3 cm³/mol. The van der Waals surface area contributed by atoms with E-state index in [1.54, 1.807) is 19.2 Å². The molecule has 0 bridgehead atoms. The standard InChI is InChI=1S/C12H14FN3O2/c1-15-7-9-4-10(13)6-11(5-9)18-8-12(17)16-3-2-14/h4-6,15H,3,7-8H2,1H3,(H,16,17). The zero-order valence-electron chi connectivity index (χ0n) is 10.00. The molecule has 0 fully saturated rings. The average molecular weight is 251 g/mol. The van der Waals surface area contributed by atoms with Crippen molar-refractivity contribution in [1.82, 2.24) is 10.6 Å². The summed E-state index contributed by atoms with van der Waals surface area (Å²) in [5.41, 5.74) is 0.727. The maximum absolute atomic E-state index is 13.2. The first-order chi connectivity index (χ1) is 8.65. The Morgan fingerprint density at radius 3 is 2.94 bits per heavy atom. The van der Waals surface area contributed by atoms with Gasteiger partial charge < -0.3 is 15.4 Å². The molecule has 0 aliphatic carbocycles. The molecule has 0 aromatic heterocycles. The van der Waals surface area contributed by atoms with Crippen molar-refractivity contribution in [1.29, 1.82) is 5.26 Å². The number of halogens is 1. The first-order valence-corrected chi connectivity index (χ1v) is 5.36. The van der Waals surface area contributed by atoms with Crippen LogP contribution in [0.3, 0.4) is 0 Å². The molecule has 6 heteroatoms. The van der Waals surface area contributed by atoms with Crippen LogP contribution in [-0.2, 0) is 11.3 Å². The molecule has 0 aliphatic rings. The lowest BCUT2D eigenvalue weighted by Gasteiger charge is -2.08. The van der Waals surface area contributed by atoms with E-state index >= 15 is 0 Å². The highest BCUT2D eigenvalue weighted by Gasteiger charge is 2.05. The number of nitrogens with one attached hydrogen (secondary N) is 2. The quantitative estimate of drug-likeness (QED) is 0.725. The van der Waals surface area contributed by atoms with Crippen LogP contribution in [0, 0.1) is 17.1 Å². The van der Waals surface area contributed by atoms with E-state index < -0.39 is 11.7 Å². The van der Waals surface area contributed by atoms with Gasteiger partial charge in [0.15, 0.2) is 6.61 Å². The van der Waals surface area contributed by atoms with Crippen LogP contribution in [-0.4, -0.2) is 26.1 Å². The molecule has 0 unspecified atom stereocenters. The van der Waals surface area contributed by atoms with Gasteiger partial charge in [-0.05, 0) is 24.7 Å². The molecule has 0 radical (unpaired) electrons. The fourth-order valence-corrected chi connectivity index (χ4v) is 1.35. The summed E-state index contributed by atoms with van der Waals surface area (Å²) < 4.78 is 18.4. The summed E-state index contributed by atoms with van der Waals surface area (Å²) in [6, 6.07) is 6.02. The molecule has 1 aromatic rings. The molecule has 96 valence electrons. The molecule has 0 heterocycles. The lowest BCUT2D eigenvalue weighted by molar-refractivity contribution is -0.122. The number of nitrogens with zero attached hydrogens (tertiary/aromatic N) is 1. The molecule has 1 rings (SSSR count). The highest BCUT2D eigenvalue weighted by Crippen LogP contribution is 2.16. The Kier molecular flexibility index (Phi) is 5.61. The summed E-state index contributed by atoms with van der Waals surface area (Å²) in [6.07, 6.45) is 0. The zero-order valence-corrected chi connectivity index (χ0v) is 10.00. The van der Waals surface area contributed by atoms with Crippen LogP contribution in [0.1, 0.15) is 5.56 Å². The number of carbonyl (C=O) groups is 1. The van der Waals surface area contributed by atoms with Crippen molar-refractivity contribution in [2.24, 2.45) is 0 Å². The van der Waals surface area contributed by atoms with Gasteiger partial charge in [-0.15, -0.1) is 0 Å². The van der Waals surface area contributed by atoms with Gasteiger partial charge in [-0.2, -0.15) is 5.26 Å². The third-order valence-electron chi connectivity index (χ3n) is 2.05. The normalized spacial score (nSPS) is 9.61. The summed E-state index contributed by atoms with van der Waals surface area (Å²) in [7, 11) is 1.75. The van der Waals surface area contributed by atoms with Crippen molar-refractivity contribution in [3.05, 3.63) is 29.6 Å². The molecule has 0 saturated heterocycles. The van der Waals surface area contributed by atoms with E-state index in [1.807, 2.05) is 0 Å². The predicted octanol–water partition coefficient (Wildman–Crippen LogP) is 0.564. The van der Waals surface area contributed by atoms with Gasteiger partial charge in [0.25, 0.3) is 5.91 Å². The Morgan fingerprint density at radius 2 is 2.28 bits per heavy atom. The summed E-state index contributed by atoms with van der Waals surface area (Å²) in [4.78, 5) is 11.2. The van der Waals surface area contributed by atoms with Crippen molar-refractivity contribution in [2.45, 2.75) is 6.54 Å². The number of amides is 1. The fourth-order valence-electron chi connectivity index (χ4n) is 1.35. The summed E-state index contributed by atoms with van der Waals surface area (Å²) in [5, 5.41) is 13.5. The molecule has 1 aromatic carbocycles. The smallest absolute Gasteiger partial charge is 0.258 e. The topological polar surface area (TPSA) is 74.2 Å². The number of rotatable bonds is 6. The Labute approximate surface area is 105 Å². The van der Waals surface area contributed by atoms with Crippen LogP contribution in [0.15, 0.2) is 18.2 Å². The third kappa shape index (κ3) is 4.80. The minimum atomic E-state index is -0.421.